The molecule has 3 aromatic carbocycles. The summed E-state index contributed by atoms with van der Waals surface area (Å²) in [5.41, 5.74) is 2.81. The van der Waals surface area contributed by atoms with Crippen molar-refractivity contribution in [2.24, 2.45) is 0 Å². The largest absolute Gasteiger partial charge is 0.465 e. The van der Waals surface area contributed by atoms with Crippen LogP contribution in [0.15, 0.2) is 103 Å². The predicted octanol–water partition coefficient (Wildman–Crippen LogP) is 5.32. The lowest BCUT2D eigenvalue weighted by molar-refractivity contribution is -0.146. The van der Waals surface area contributed by atoms with Crippen molar-refractivity contribution in [2.75, 3.05) is 6.61 Å². The lowest BCUT2D eigenvalue weighted by Gasteiger charge is -2.36. The number of rotatable bonds is 7. The van der Waals surface area contributed by atoms with Crippen LogP contribution in [0.25, 0.3) is 0 Å². The molecule has 0 saturated heterocycles. The van der Waals surface area contributed by atoms with E-state index in [0.717, 1.165) is 35.2 Å². The fraction of sp³-hybridized carbons (Fsp3) is 0.214. The van der Waals surface area contributed by atoms with Crippen LogP contribution >= 0.6 is 0 Å². The molecule has 0 unspecified atom stereocenters. The zero-order chi connectivity index (χ0) is 22.0. The number of hydrogen-bond acceptors (Lipinski definition) is 3. The van der Waals surface area contributed by atoms with Crippen molar-refractivity contribution < 1.29 is 9.53 Å². The Morgan fingerprint density at radius 3 is 1.72 bits per heavy atom. The van der Waals surface area contributed by atoms with Crippen LogP contribution < -0.4 is 0 Å². The van der Waals surface area contributed by atoms with E-state index in [1.165, 1.54) is 0 Å². The number of nitrogens with zero attached hydrogens (tertiary/aromatic N) is 2. The first-order valence-electron chi connectivity index (χ1n) is 11.1. The molecular formula is C28H26N2O2. The number of ether oxygens (including phenoxy) is 1. The minimum absolute atomic E-state index is 0.171. The van der Waals surface area contributed by atoms with Gasteiger partial charge in [0.05, 0.1) is 12.3 Å². The van der Waals surface area contributed by atoms with Gasteiger partial charge in [-0.25, -0.2) is 0 Å². The number of aromatic nitrogens is 2. The molecule has 4 aromatic rings. The standard InChI is InChI=1S/C28H26N2O2/c1-2-32-26(31)27(19-20-27)25-18-21-30(29-25)28(22-12-6-3-7-13-22,23-14-8-4-9-15-23)24-16-10-5-11-17-24/h3-18,21H,2,19-20H2,1H3. The van der Waals surface area contributed by atoms with Crippen LogP contribution in [0.2, 0.25) is 0 Å². The highest BCUT2D eigenvalue weighted by Crippen LogP contribution is 2.49. The zero-order valence-corrected chi connectivity index (χ0v) is 18.1. The highest BCUT2D eigenvalue weighted by molar-refractivity contribution is 5.86. The Balaban J connectivity index is 1.75. The summed E-state index contributed by atoms with van der Waals surface area (Å²) in [6, 6.07) is 33.2. The second-order valence-electron chi connectivity index (χ2n) is 8.26. The van der Waals surface area contributed by atoms with Crippen molar-refractivity contribution in [1.29, 1.82) is 0 Å². The molecular weight excluding hydrogens is 396 g/mol. The summed E-state index contributed by atoms with van der Waals surface area (Å²) in [5, 5.41) is 5.07. The van der Waals surface area contributed by atoms with Gasteiger partial charge < -0.3 is 4.74 Å². The van der Waals surface area contributed by atoms with Gasteiger partial charge in [-0.05, 0) is 42.5 Å². The van der Waals surface area contributed by atoms with Crippen LogP contribution in [0.1, 0.15) is 42.1 Å². The lowest BCUT2D eigenvalue weighted by Crippen LogP contribution is -2.38. The van der Waals surface area contributed by atoms with Gasteiger partial charge in [0.1, 0.15) is 11.0 Å². The van der Waals surface area contributed by atoms with E-state index in [4.69, 9.17) is 9.84 Å². The number of esters is 1. The van der Waals surface area contributed by atoms with E-state index in [1.54, 1.807) is 0 Å². The molecule has 1 saturated carbocycles. The van der Waals surface area contributed by atoms with E-state index >= 15 is 0 Å². The maximum Gasteiger partial charge on any atom is 0.318 e. The lowest BCUT2D eigenvalue weighted by atomic mass is 9.77. The van der Waals surface area contributed by atoms with Crippen molar-refractivity contribution >= 4 is 5.97 Å². The van der Waals surface area contributed by atoms with Gasteiger partial charge in [-0.15, -0.1) is 0 Å². The molecule has 0 amide bonds. The summed E-state index contributed by atoms with van der Waals surface area (Å²) in [6.45, 7) is 2.22. The molecule has 1 aromatic heterocycles. The van der Waals surface area contributed by atoms with E-state index in [1.807, 2.05) is 42.1 Å². The van der Waals surface area contributed by atoms with Gasteiger partial charge in [-0.1, -0.05) is 91.0 Å². The normalized spacial score (nSPS) is 14.7. The summed E-state index contributed by atoms with van der Waals surface area (Å²) in [6.07, 6.45) is 3.55. The summed E-state index contributed by atoms with van der Waals surface area (Å²) < 4.78 is 7.40. The number of benzene rings is 3. The number of carbonyl (C=O) groups excluding carboxylic acids is 1. The Morgan fingerprint density at radius 2 is 1.31 bits per heavy atom. The summed E-state index contributed by atoms with van der Waals surface area (Å²) in [7, 11) is 0. The molecule has 0 spiro atoms. The van der Waals surface area contributed by atoms with Gasteiger partial charge in [0, 0.05) is 6.20 Å². The molecule has 1 heterocycles. The molecule has 1 fully saturated rings. The molecule has 4 nitrogen and oxygen atoms in total. The van der Waals surface area contributed by atoms with Crippen LogP contribution in [-0.4, -0.2) is 22.4 Å². The van der Waals surface area contributed by atoms with Gasteiger partial charge in [0.25, 0.3) is 0 Å². The molecule has 1 aliphatic carbocycles. The third kappa shape index (κ3) is 3.14. The van der Waals surface area contributed by atoms with Crippen LogP contribution in [-0.2, 0) is 20.5 Å². The molecule has 4 heteroatoms. The molecule has 1 aliphatic rings. The van der Waals surface area contributed by atoms with Gasteiger partial charge in [0.2, 0.25) is 0 Å². The molecule has 0 N–H and O–H groups in total. The molecule has 160 valence electrons. The highest BCUT2D eigenvalue weighted by Gasteiger charge is 2.55. The second kappa shape index (κ2) is 8.12. The van der Waals surface area contributed by atoms with E-state index in [0.29, 0.717) is 6.61 Å². The third-order valence-corrected chi connectivity index (χ3v) is 6.41. The molecule has 0 bridgehead atoms. The monoisotopic (exact) mass is 422 g/mol. The number of carbonyl (C=O) groups is 1. The second-order valence-corrected chi connectivity index (χ2v) is 8.26. The first kappa shape index (κ1) is 20.3. The summed E-state index contributed by atoms with van der Waals surface area (Å²) >= 11 is 0. The summed E-state index contributed by atoms with van der Waals surface area (Å²) in [5.74, 6) is -0.171. The van der Waals surface area contributed by atoms with Gasteiger partial charge >= 0.3 is 5.97 Å². The molecule has 0 atom stereocenters. The maximum atomic E-state index is 12.7. The fourth-order valence-electron chi connectivity index (χ4n) is 4.66. The van der Waals surface area contributed by atoms with Crippen molar-refractivity contribution in [3.8, 4) is 0 Å². The molecule has 0 radical (unpaired) electrons. The minimum Gasteiger partial charge on any atom is -0.465 e. The maximum absolute atomic E-state index is 12.7. The average molecular weight is 423 g/mol. The van der Waals surface area contributed by atoms with Crippen molar-refractivity contribution in [1.82, 2.24) is 9.78 Å². The smallest absolute Gasteiger partial charge is 0.318 e. The quantitative estimate of drug-likeness (QED) is 0.299. The van der Waals surface area contributed by atoms with Crippen molar-refractivity contribution in [3.63, 3.8) is 0 Å². The molecule has 5 rings (SSSR count). The predicted molar refractivity (Wildman–Crippen MR) is 124 cm³/mol. The topological polar surface area (TPSA) is 44.1 Å². The first-order valence-corrected chi connectivity index (χ1v) is 11.1. The number of hydrogen-bond donors (Lipinski definition) is 0. The molecule has 0 aliphatic heterocycles. The fourth-order valence-corrected chi connectivity index (χ4v) is 4.66. The summed E-state index contributed by atoms with van der Waals surface area (Å²) in [4.78, 5) is 12.7. The van der Waals surface area contributed by atoms with Crippen LogP contribution in [0, 0.1) is 0 Å². The van der Waals surface area contributed by atoms with Crippen LogP contribution in [0.4, 0.5) is 0 Å². The Labute approximate surface area is 188 Å². The van der Waals surface area contributed by atoms with Crippen molar-refractivity contribution in [2.45, 2.75) is 30.7 Å². The van der Waals surface area contributed by atoms with E-state index < -0.39 is 11.0 Å². The van der Waals surface area contributed by atoms with E-state index in [9.17, 15) is 4.79 Å². The van der Waals surface area contributed by atoms with Crippen molar-refractivity contribution in [3.05, 3.63) is 126 Å². The average Bonchev–Trinajstić information content (AvgIpc) is 3.52. The Kier molecular flexibility index (Phi) is 5.14. The van der Waals surface area contributed by atoms with Gasteiger partial charge in [-0.3, -0.25) is 9.48 Å². The Hall–Kier alpha value is -3.66. The minimum atomic E-state index is -0.674. The SMILES string of the molecule is CCOC(=O)C1(c2ccn(C(c3ccccc3)(c3ccccc3)c3ccccc3)n2)CC1. The van der Waals surface area contributed by atoms with E-state index in [-0.39, 0.29) is 5.97 Å². The Bertz CT molecular complexity index is 1100. The van der Waals surface area contributed by atoms with Crippen LogP contribution in [0.5, 0.6) is 0 Å². The van der Waals surface area contributed by atoms with E-state index in [2.05, 4.69) is 72.8 Å². The van der Waals surface area contributed by atoms with Gasteiger partial charge in [0.15, 0.2) is 0 Å². The zero-order valence-electron chi connectivity index (χ0n) is 18.1. The third-order valence-electron chi connectivity index (χ3n) is 6.41. The van der Waals surface area contributed by atoms with Gasteiger partial charge in [-0.2, -0.15) is 5.10 Å². The Morgan fingerprint density at radius 1 is 0.844 bits per heavy atom. The highest BCUT2D eigenvalue weighted by atomic mass is 16.5. The molecule has 32 heavy (non-hydrogen) atoms. The van der Waals surface area contributed by atoms with Crippen LogP contribution in [0.3, 0.4) is 0 Å². The first-order chi connectivity index (χ1) is 15.7.